The van der Waals surface area contributed by atoms with Crippen molar-refractivity contribution in [3.8, 4) is 0 Å². The molecule has 0 nitrogen and oxygen atoms in total. The zero-order valence-corrected chi connectivity index (χ0v) is 13.9. The van der Waals surface area contributed by atoms with Gasteiger partial charge in [0, 0.05) is 5.02 Å². The van der Waals surface area contributed by atoms with Crippen molar-refractivity contribution in [1.29, 1.82) is 0 Å². The standard InChI is InChI=1S/C18H20Cl2/c1-11(2)14-5-7-15(8-6-14)18(20)16-9-13(4)17(19)10-12(16)3/h5-11,18H,1-4H3. The number of hydrogen-bond acceptors (Lipinski definition) is 0. The molecule has 1 unspecified atom stereocenters. The summed E-state index contributed by atoms with van der Waals surface area (Å²) in [5, 5.41) is 0.664. The minimum Gasteiger partial charge on any atom is -0.113 e. The molecule has 0 aliphatic carbocycles. The second kappa shape index (κ2) is 6.20. The van der Waals surface area contributed by atoms with Crippen LogP contribution in [0.15, 0.2) is 36.4 Å². The third kappa shape index (κ3) is 3.19. The van der Waals surface area contributed by atoms with Crippen LogP contribution in [0.1, 0.15) is 53.0 Å². The number of benzene rings is 2. The van der Waals surface area contributed by atoms with Crippen molar-refractivity contribution in [2.75, 3.05) is 0 Å². The Bertz CT molecular complexity index is 598. The smallest absolute Gasteiger partial charge is 0.0838 e. The van der Waals surface area contributed by atoms with Crippen molar-refractivity contribution in [3.63, 3.8) is 0 Å². The van der Waals surface area contributed by atoms with Gasteiger partial charge in [0.15, 0.2) is 0 Å². The molecule has 0 radical (unpaired) electrons. The fourth-order valence-corrected chi connectivity index (χ4v) is 2.90. The van der Waals surface area contributed by atoms with Crippen molar-refractivity contribution in [2.45, 2.75) is 39.0 Å². The maximum atomic E-state index is 6.65. The lowest BCUT2D eigenvalue weighted by molar-refractivity contribution is 0.865. The normalized spacial score (nSPS) is 12.8. The Balaban J connectivity index is 2.36. The molecule has 2 aromatic carbocycles. The maximum absolute atomic E-state index is 6.65. The molecule has 2 aromatic rings. The van der Waals surface area contributed by atoms with Crippen LogP contribution in [-0.4, -0.2) is 0 Å². The quantitative estimate of drug-likeness (QED) is 0.575. The van der Waals surface area contributed by atoms with Crippen molar-refractivity contribution < 1.29 is 0 Å². The van der Waals surface area contributed by atoms with Crippen LogP contribution in [0.3, 0.4) is 0 Å². The van der Waals surface area contributed by atoms with E-state index >= 15 is 0 Å². The summed E-state index contributed by atoms with van der Waals surface area (Å²) in [5.74, 6) is 0.539. The lowest BCUT2D eigenvalue weighted by Crippen LogP contribution is -1.98. The van der Waals surface area contributed by atoms with Gasteiger partial charge in [-0.3, -0.25) is 0 Å². The summed E-state index contributed by atoms with van der Waals surface area (Å²) in [4.78, 5) is 0. The molecule has 1 atom stereocenters. The lowest BCUT2D eigenvalue weighted by atomic mass is 9.95. The fourth-order valence-electron chi connectivity index (χ4n) is 2.31. The molecule has 0 saturated carbocycles. The van der Waals surface area contributed by atoms with Crippen LogP contribution in [0, 0.1) is 13.8 Å². The van der Waals surface area contributed by atoms with Crippen LogP contribution < -0.4 is 0 Å². The molecule has 0 aliphatic heterocycles. The van der Waals surface area contributed by atoms with E-state index in [-0.39, 0.29) is 5.38 Å². The number of halogens is 2. The van der Waals surface area contributed by atoms with Crippen molar-refractivity contribution in [3.05, 3.63) is 69.2 Å². The van der Waals surface area contributed by atoms with E-state index in [1.165, 1.54) is 5.56 Å². The molecule has 0 fully saturated rings. The number of rotatable bonds is 3. The molecule has 0 bridgehead atoms. The van der Waals surface area contributed by atoms with E-state index < -0.39 is 0 Å². The molecule has 20 heavy (non-hydrogen) atoms. The summed E-state index contributed by atoms with van der Waals surface area (Å²) in [7, 11) is 0. The van der Waals surface area contributed by atoms with Gasteiger partial charge in [-0.2, -0.15) is 0 Å². The van der Waals surface area contributed by atoms with Crippen LogP contribution in [0.25, 0.3) is 0 Å². The zero-order valence-electron chi connectivity index (χ0n) is 12.4. The average Bonchev–Trinajstić information content (AvgIpc) is 2.42. The van der Waals surface area contributed by atoms with Gasteiger partial charge in [0.2, 0.25) is 0 Å². The van der Waals surface area contributed by atoms with Gasteiger partial charge >= 0.3 is 0 Å². The first-order chi connectivity index (χ1) is 9.40. The highest BCUT2D eigenvalue weighted by molar-refractivity contribution is 6.31. The second-order valence-electron chi connectivity index (χ2n) is 5.64. The summed E-state index contributed by atoms with van der Waals surface area (Å²) < 4.78 is 0. The zero-order chi connectivity index (χ0) is 14.9. The Labute approximate surface area is 131 Å². The molecule has 0 saturated heterocycles. The molecule has 0 amide bonds. The Morgan fingerprint density at radius 1 is 0.850 bits per heavy atom. The largest absolute Gasteiger partial charge is 0.113 e. The van der Waals surface area contributed by atoms with E-state index in [1.807, 2.05) is 13.0 Å². The number of hydrogen-bond donors (Lipinski definition) is 0. The monoisotopic (exact) mass is 306 g/mol. The first kappa shape index (κ1) is 15.4. The Morgan fingerprint density at radius 3 is 1.95 bits per heavy atom. The highest BCUT2D eigenvalue weighted by Gasteiger charge is 2.15. The van der Waals surface area contributed by atoms with E-state index in [0.29, 0.717) is 5.92 Å². The Morgan fingerprint density at radius 2 is 1.40 bits per heavy atom. The lowest BCUT2D eigenvalue weighted by Gasteiger charge is -2.16. The first-order valence-electron chi connectivity index (χ1n) is 6.90. The molecule has 0 aliphatic rings. The fraction of sp³-hybridized carbons (Fsp3) is 0.333. The van der Waals surface area contributed by atoms with E-state index in [9.17, 15) is 0 Å². The van der Waals surface area contributed by atoms with Crippen LogP contribution >= 0.6 is 23.2 Å². The topological polar surface area (TPSA) is 0 Å². The van der Waals surface area contributed by atoms with Crippen LogP contribution in [0.2, 0.25) is 5.02 Å². The van der Waals surface area contributed by atoms with Gasteiger partial charge in [-0.25, -0.2) is 0 Å². The summed E-state index contributed by atoms with van der Waals surface area (Å²) in [6.07, 6.45) is 0. The third-order valence-electron chi connectivity index (χ3n) is 3.72. The average molecular weight is 307 g/mol. The molecular formula is C18H20Cl2. The highest BCUT2D eigenvalue weighted by Crippen LogP contribution is 2.34. The van der Waals surface area contributed by atoms with E-state index in [4.69, 9.17) is 23.2 Å². The molecule has 106 valence electrons. The van der Waals surface area contributed by atoms with E-state index in [1.54, 1.807) is 0 Å². The van der Waals surface area contributed by atoms with Crippen molar-refractivity contribution in [1.82, 2.24) is 0 Å². The van der Waals surface area contributed by atoms with Gasteiger partial charge in [0.1, 0.15) is 0 Å². The van der Waals surface area contributed by atoms with Gasteiger partial charge < -0.3 is 0 Å². The highest BCUT2D eigenvalue weighted by atomic mass is 35.5. The van der Waals surface area contributed by atoms with Crippen molar-refractivity contribution >= 4 is 23.2 Å². The van der Waals surface area contributed by atoms with Gasteiger partial charge in [-0.05, 0) is 53.6 Å². The van der Waals surface area contributed by atoms with Crippen molar-refractivity contribution in [2.24, 2.45) is 0 Å². The third-order valence-corrected chi connectivity index (χ3v) is 4.61. The van der Waals surface area contributed by atoms with Gasteiger partial charge in [0.05, 0.1) is 5.38 Å². The SMILES string of the molecule is Cc1cc(C(Cl)c2ccc(C(C)C)cc2)c(C)cc1Cl. The molecule has 0 N–H and O–H groups in total. The maximum Gasteiger partial charge on any atom is 0.0838 e. The molecule has 0 heterocycles. The number of aryl methyl sites for hydroxylation is 2. The summed E-state index contributed by atoms with van der Waals surface area (Å²) >= 11 is 12.8. The molecule has 0 spiro atoms. The minimum absolute atomic E-state index is 0.132. The van der Waals surface area contributed by atoms with Gasteiger partial charge in [-0.1, -0.05) is 55.8 Å². The van der Waals surface area contributed by atoms with E-state index in [2.05, 4.69) is 51.1 Å². The summed E-state index contributed by atoms with van der Waals surface area (Å²) in [6, 6.07) is 12.6. The molecule has 0 aromatic heterocycles. The minimum atomic E-state index is -0.132. The summed E-state index contributed by atoms with van der Waals surface area (Å²) in [6.45, 7) is 8.45. The van der Waals surface area contributed by atoms with Gasteiger partial charge in [0.25, 0.3) is 0 Å². The van der Waals surface area contributed by atoms with Crippen LogP contribution in [-0.2, 0) is 0 Å². The predicted molar refractivity (Wildman–Crippen MR) is 89.2 cm³/mol. The van der Waals surface area contributed by atoms with Crippen LogP contribution in [0.5, 0.6) is 0 Å². The van der Waals surface area contributed by atoms with E-state index in [0.717, 1.165) is 27.3 Å². The predicted octanol–water partition coefficient (Wildman–Crippen LogP) is 6.41. The molecular weight excluding hydrogens is 287 g/mol. The van der Waals surface area contributed by atoms with Gasteiger partial charge in [-0.15, -0.1) is 11.6 Å². The number of alkyl halides is 1. The molecule has 2 heteroatoms. The Kier molecular flexibility index (Phi) is 4.78. The second-order valence-corrected chi connectivity index (χ2v) is 6.49. The molecule has 2 rings (SSSR count). The summed E-state index contributed by atoms with van der Waals surface area (Å²) in [5.41, 5.74) is 5.79. The first-order valence-corrected chi connectivity index (χ1v) is 7.72. The Hall–Kier alpha value is -0.980. The van der Waals surface area contributed by atoms with Crippen LogP contribution in [0.4, 0.5) is 0 Å².